The Hall–Kier alpha value is -5.93. The molecular formula is C56H56N8. The summed E-state index contributed by atoms with van der Waals surface area (Å²) in [4.78, 5) is 10.7. The SMILES string of the molecule is C1=NCCC2C1C1CNCCC1N2c1cc(-c2ccc(-n3c4ccccc4c4cc(-n5c6ccccc6c6ccccc65)ccc43)cc2)cc(N2C3CCNCC3C3CNCCC32)c1. The number of nitrogens with one attached hydrogen (secondary N) is 3. The molecule has 8 aromatic rings. The second kappa shape index (κ2) is 14.8. The lowest BCUT2D eigenvalue weighted by atomic mass is 9.82. The number of fused-ring (bicyclic) bond motifs is 12. The lowest BCUT2D eigenvalue weighted by Crippen LogP contribution is -2.46. The zero-order chi connectivity index (χ0) is 41.9. The second-order valence-corrected chi connectivity index (χ2v) is 19.7. The molecule has 320 valence electrons. The predicted octanol–water partition coefficient (Wildman–Crippen LogP) is 9.58. The molecule has 6 aliphatic heterocycles. The predicted molar refractivity (Wildman–Crippen MR) is 265 cm³/mol. The van der Waals surface area contributed by atoms with E-state index in [0.29, 0.717) is 47.8 Å². The fourth-order valence-electron chi connectivity index (χ4n) is 14.0. The first-order valence-electron chi connectivity index (χ1n) is 24.2. The summed E-state index contributed by atoms with van der Waals surface area (Å²) < 4.78 is 4.90. The molecule has 8 nitrogen and oxygen atoms in total. The van der Waals surface area contributed by atoms with Crippen molar-refractivity contribution < 1.29 is 0 Å². The van der Waals surface area contributed by atoms with Crippen LogP contribution in [-0.4, -0.2) is 85.3 Å². The zero-order valence-corrected chi connectivity index (χ0v) is 36.4. The van der Waals surface area contributed by atoms with Crippen molar-refractivity contribution in [3.63, 3.8) is 0 Å². The summed E-state index contributed by atoms with van der Waals surface area (Å²) in [5.41, 5.74) is 12.8. The Balaban J connectivity index is 0.891. The van der Waals surface area contributed by atoms with Crippen LogP contribution in [0, 0.1) is 23.7 Å². The van der Waals surface area contributed by atoms with Crippen LogP contribution in [0.4, 0.5) is 11.4 Å². The highest BCUT2D eigenvalue weighted by atomic mass is 15.3. The number of anilines is 2. The molecule has 0 amide bonds. The van der Waals surface area contributed by atoms with Crippen molar-refractivity contribution in [2.24, 2.45) is 28.7 Å². The highest BCUT2D eigenvalue weighted by Gasteiger charge is 2.52. The van der Waals surface area contributed by atoms with Crippen molar-refractivity contribution in [3.8, 4) is 22.5 Å². The van der Waals surface area contributed by atoms with Gasteiger partial charge in [0, 0.05) is 113 Å². The number of nitrogens with zero attached hydrogens (tertiary/aromatic N) is 5. The summed E-state index contributed by atoms with van der Waals surface area (Å²) in [6.07, 6.45) is 7.09. The van der Waals surface area contributed by atoms with E-state index in [2.05, 4.69) is 175 Å². The van der Waals surface area contributed by atoms with Gasteiger partial charge in [0.15, 0.2) is 0 Å². The van der Waals surface area contributed by atoms with Crippen LogP contribution in [0.2, 0.25) is 0 Å². The van der Waals surface area contributed by atoms with Gasteiger partial charge in [-0.25, -0.2) is 0 Å². The smallest absolute Gasteiger partial charge is 0.0542 e. The lowest BCUT2D eigenvalue weighted by Gasteiger charge is -2.40. The van der Waals surface area contributed by atoms with E-state index in [0.717, 1.165) is 52.2 Å². The van der Waals surface area contributed by atoms with E-state index in [1.807, 2.05) is 0 Å². The molecule has 0 aliphatic carbocycles. The van der Waals surface area contributed by atoms with Gasteiger partial charge in [0.25, 0.3) is 0 Å². The first-order chi connectivity index (χ1) is 31.8. The fourth-order valence-corrected chi connectivity index (χ4v) is 14.0. The number of hydrogen-bond acceptors (Lipinski definition) is 6. The third-order valence-electron chi connectivity index (χ3n) is 16.7. The summed E-state index contributed by atoms with van der Waals surface area (Å²) in [6.45, 7) is 7.59. The molecule has 5 fully saturated rings. The Labute approximate surface area is 374 Å². The van der Waals surface area contributed by atoms with Crippen LogP contribution in [-0.2, 0) is 0 Å². The van der Waals surface area contributed by atoms with Crippen LogP contribution in [0.15, 0.2) is 138 Å². The number of para-hydroxylation sites is 3. The molecule has 3 N–H and O–H groups in total. The highest BCUT2D eigenvalue weighted by molar-refractivity contribution is 6.12. The lowest BCUT2D eigenvalue weighted by molar-refractivity contribution is 0.256. The minimum Gasteiger partial charge on any atom is -0.365 e. The van der Waals surface area contributed by atoms with Crippen molar-refractivity contribution in [1.29, 1.82) is 0 Å². The molecular weight excluding hydrogens is 785 g/mol. The van der Waals surface area contributed by atoms with Crippen molar-refractivity contribution in [2.75, 3.05) is 55.6 Å². The number of aromatic nitrogens is 2. The van der Waals surface area contributed by atoms with Crippen molar-refractivity contribution in [3.05, 3.63) is 133 Å². The van der Waals surface area contributed by atoms with Gasteiger partial charge in [-0.15, -0.1) is 0 Å². The van der Waals surface area contributed by atoms with Crippen LogP contribution < -0.4 is 25.8 Å². The van der Waals surface area contributed by atoms with E-state index in [1.165, 1.54) is 96.8 Å². The van der Waals surface area contributed by atoms with Crippen molar-refractivity contribution >= 4 is 61.2 Å². The number of hydrogen-bond donors (Lipinski definition) is 3. The molecule has 6 aliphatic rings. The molecule has 14 rings (SSSR count). The van der Waals surface area contributed by atoms with E-state index in [-0.39, 0.29) is 0 Å². The van der Waals surface area contributed by atoms with Gasteiger partial charge < -0.3 is 34.9 Å². The fraction of sp³-hybridized carbons (Fsp3) is 0.339. The molecule has 0 radical (unpaired) electrons. The summed E-state index contributed by atoms with van der Waals surface area (Å²) in [5.74, 6) is 2.48. The highest BCUT2D eigenvalue weighted by Crippen LogP contribution is 2.49. The van der Waals surface area contributed by atoms with Crippen LogP contribution in [0.5, 0.6) is 0 Å². The Kier molecular flexibility index (Phi) is 8.66. The van der Waals surface area contributed by atoms with Crippen LogP contribution >= 0.6 is 0 Å². The Morgan fingerprint density at radius 3 is 1.53 bits per heavy atom. The van der Waals surface area contributed by atoms with E-state index in [4.69, 9.17) is 4.99 Å². The third kappa shape index (κ3) is 5.61. The van der Waals surface area contributed by atoms with Crippen molar-refractivity contribution in [1.82, 2.24) is 25.1 Å². The molecule has 5 saturated heterocycles. The molecule has 8 unspecified atom stereocenters. The van der Waals surface area contributed by atoms with E-state index in [1.54, 1.807) is 0 Å². The van der Waals surface area contributed by atoms with Gasteiger partial charge in [-0.05, 0) is 135 Å². The molecule has 8 heteroatoms. The minimum atomic E-state index is 0.500. The quantitative estimate of drug-likeness (QED) is 0.161. The maximum absolute atomic E-state index is 4.88. The maximum Gasteiger partial charge on any atom is 0.0542 e. The number of benzene rings is 6. The van der Waals surface area contributed by atoms with Gasteiger partial charge in [0.1, 0.15) is 0 Å². The molecule has 2 aromatic heterocycles. The standard InChI is InChI=1S/C56H56N8/c1-4-10-49-41(7-1)42-8-2-5-11-50(42)62(49)38-17-18-52-44(30-38)43-9-3-6-12-51(43)61(52)37-15-13-35(14-16-37)36-27-39(63-53-19-23-57-31-45(53)46-32-58-24-20-54(46)63)29-40(28-36)64-55-21-25-59-33-47(55)48-34-60-26-22-56(48)64/h1-18,27-31,45-48,53-56,58-60H,19-26,32-34H2. The maximum atomic E-state index is 4.88. The van der Waals surface area contributed by atoms with Crippen molar-refractivity contribution in [2.45, 2.75) is 49.9 Å². The van der Waals surface area contributed by atoms with E-state index >= 15 is 0 Å². The average molecular weight is 841 g/mol. The van der Waals surface area contributed by atoms with E-state index in [9.17, 15) is 0 Å². The number of rotatable bonds is 5. The van der Waals surface area contributed by atoms with Gasteiger partial charge >= 0.3 is 0 Å². The largest absolute Gasteiger partial charge is 0.365 e. The summed E-state index contributed by atoms with van der Waals surface area (Å²) in [7, 11) is 0. The third-order valence-corrected chi connectivity index (χ3v) is 16.7. The Bertz CT molecular complexity index is 3050. The summed E-state index contributed by atoms with van der Waals surface area (Å²) >= 11 is 0. The Morgan fingerprint density at radius 2 is 0.906 bits per heavy atom. The number of aliphatic imine (C=N–C) groups is 1. The molecule has 6 aromatic carbocycles. The summed E-state index contributed by atoms with van der Waals surface area (Å²) in [5, 5.41) is 16.5. The average Bonchev–Trinajstić information content (AvgIpc) is 4.09. The molecule has 0 bridgehead atoms. The van der Waals surface area contributed by atoms with Crippen LogP contribution in [0.1, 0.15) is 25.7 Å². The minimum absolute atomic E-state index is 0.500. The monoisotopic (exact) mass is 840 g/mol. The van der Waals surface area contributed by atoms with Gasteiger partial charge in [-0.1, -0.05) is 66.7 Å². The van der Waals surface area contributed by atoms with Gasteiger partial charge in [0.2, 0.25) is 0 Å². The molecule has 0 saturated carbocycles. The zero-order valence-electron chi connectivity index (χ0n) is 36.4. The number of piperidine rings is 3. The molecule has 0 spiro atoms. The Morgan fingerprint density at radius 1 is 0.406 bits per heavy atom. The van der Waals surface area contributed by atoms with Gasteiger partial charge in [-0.2, -0.15) is 0 Å². The van der Waals surface area contributed by atoms with Crippen LogP contribution in [0.25, 0.3) is 66.1 Å². The van der Waals surface area contributed by atoms with Gasteiger partial charge in [0.05, 0.1) is 22.1 Å². The second-order valence-electron chi connectivity index (χ2n) is 19.7. The molecule has 8 atom stereocenters. The summed E-state index contributed by atoms with van der Waals surface area (Å²) in [6, 6.07) is 53.0. The van der Waals surface area contributed by atoms with E-state index < -0.39 is 0 Å². The molecule has 8 heterocycles. The molecule has 64 heavy (non-hydrogen) atoms. The first-order valence-corrected chi connectivity index (χ1v) is 24.2. The topological polar surface area (TPSA) is 64.8 Å². The van der Waals surface area contributed by atoms with Gasteiger partial charge in [-0.3, -0.25) is 4.99 Å². The normalized spacial score (nSPS) is 27.6. The van der Waals surface area contributed by atoms with Crippen LogP contribution in [0.3, 0.4) is 0 Å². The first kappa shape index (κ1) is 37.4.